The van der Waals surface area contributed by atoms with Gasteiger partial charge in [0.15, 0.2) is 0 Å². The van der Waals surface area contributed by atoms with Crippen LogP contribution in [0.1, 0.15) is 23.6 Å². The van der Waals surface area contributed by atoms with Crippen molar-refractivity contribution in [2.45, 2.75) is 20.0 Å². The van der Waals surface area contributed by atoms with E-state index in [2.05, 4.69) is 24.2 Å². The van der Waals surface area contributed by atoms with Crippen LogP contribution in [0.4, 0.5) is 0 Å². The van der Waals surface area contributed by atoms with E-state index in [0.717, 1.165) is 22.6 Å². The SMILES string of the molecule is CCc1cccc(CON=Cc2ccc(Cl)cc2)c1. The van der Waals surface area contributed by atoms with Crippen molar-refractivity contribution in [2.75, 3.05) is 0 Å². The first-order valence-corrected chi connectivity index (χ1v) is 6.64. The van der Waals surface area contributed by atoms with Crippen molar-refractivity contribution in [3.8, 4) is 0 Å². The predicted octanol–water partition coefficient (Wildman–Crippen LogP) is 4.45. The molecule has 0 spiro atoms. The van der Waals surface area contributed by atoms with E-state index in [4.69, 9.17) is 16.4 Å². The van der Waals surface area contributed by atoms with Gasteiger partial charge in [0, 0.05) is 5.02 Å². The highest BCUT2D eigenvalue weighted by Crippen LogP contribution is 2.09. The van der Waals surface area contributed by atoms with Gasteiger partial charge in [-0.2, -0.15) is 0 Å². The van der Waals surface area contributed by atoms with Crippen LogP contribution in [0.15, 0.2) is 53.7 Å². The molecule has 0 N–H and O–H groups in total. The summed E-state index contributed by atoms with van der Waals surface area (Å²) >= 11 is 5.81. The fourth-order valence-corrected chi connectivity index (χ4v) is 1.82. The zero-order valence-electron chi connectivity index (χ0n) is 10.8. The Labute approximate surface area is 118 Å². The Bertz CT molecular complexity index is 549. The molecule has 98 valence electrons. The lowest BCUT2D eigenvalue weighted by Gasteiger charge is -2.02. The van der Waals surface area contributed by atoms with Gasteiger partial charge >= 0.3 is 0 Å². The summed E-state index contributed by atoms with van der Waals surface area (Å²) in [5, 5.41) is 4.67. The molecule has 0 atom stereocenters. The largest absolute Gasteiger partial charge is 0.391 e. The Kier molecular flexibility index (Phi) is 4.99. The Morgan fingerprint density at radius 2 is 1.84 bits per heavy atom. The van der Waals surface area contributed by atoms with E-state index in [0.29, 0.717) is 6.61 Å². The number of halogens is 1. The lowest BCUT2D eigenvalue weighted by molar-refractivity contribution is 0.132. The number of aryl methyl sites for hydroxylation is 1. The number of oxime groups is 1. The maximum atomic E-state index is 5.81. The smallest absolute Gasteiger partial charge is 0.142 e. The number of benzene rings is 2. The van der Waals surface area contributed by atoms with Crippen molar-refractivity contribution in [2.24, 2.45) is 5.16 Å². The summed E-state index contributed by atoms with van der Waals surface area (Å²) in [6.07, 6.45) is 2.71. The highest BCUT2D eigenvalue weighted by atomic mass is 35.5. The van der Waals surface area contributed by atoms with Gasteiger partial charge in [-0.3, -0.25) is 0 Å². The lowest BCUT2D eigenvalue weighted by atomic mass is 10.1. The monoisotopic (exact) mass is 273 g/mol. The van der Waals surface area contributed by atoms with Gasteiger partial charge in [0.25, 0.3) is 0 Å². The summed E-state index contributed by atoms with van der Waals surface area (Å²) in [5.74, 6) is 0. The van der Waals surface area contributed by atoms with E-state index in [1.54, 1.807) is 6.21 Å². The summed E-state index contributed by atoms with van der Waals surface area (Å²) in [6.45, 7) is 2.62. The van der Waals surface area contributed by atoms with Crippen LogP contribution in [0.2, 0.25) is 5.02 Å². The van der Waals surface area contributed by atoms with Gasteiger partial charge < -0.3 is 4.84 Å². The second kappa shape index (κ2) is 6.95. The molecule has 0 bridgehead atoms. The molecular weight excluding hydrogens is 258 g/mol. The number of rotatable bonds is 5. The molecule has 0 heterocycles. The number of hydrogen-bond donors (Lipinski definition) is 0. The van der Waals surface area contributed by atoms with Gasteiger partial charge in [0.1, 0.15) is 6.61 Å². The van der Waals surface area contributed by atoms with E-state index in [-0.39, 0.29) is 0 Å². The minimum atomic E-state index is 0.484. The van der Waals surface area contributed by atoms with Gasteiger partial charge in [0.2, 0.25) is 0 Å². The Balaban J connectivity index is 1.87. The predicted molar refractivity (Wildman–Crippen MR) is 79.7 cm³/mol. The summed E-state index contributed by atoms with van der Waals surface area (Å²) in [5.41, 5.74) is 3.40. The van der Waals surface area contributed by atoms with Crippen molar-refractivity contribution < 1.29 is 4.84 Å². The molecule has 2 aromatic rings. The summed E-state index contributed by atoms with van der Waals surface area (Å²) in [7, 11) is 0. The van der Waals surface area contributed by atoms with Crippen LogP contribution in [0.3, 0.4) is 0 Å². The lowest BCUT2D eigenvalue weighted by Crippen LogP contribution is -1.90. The van der Waals surface area contributed by atoms with Crippen LogP contribution < -0.4 is 0 Å². The van der Waals surface area contributed by atoms with Gasteiger partial charge in [-0.25, -0.2) is 0 Å². The van der Waals surface area contributed by atoms with Crippen LogP contribution in [0, 0.1) is 0 Å². The molecule has 0 aliphatic carbocycles. The van der Waals surface area contributed by atoms with Gasteiger partial charge in [-0.15, -0.1) is 0 Å². The molecule has 2 aromatic carbocycles. The topological polar surface area (TPSA) is 21.6 Å². The van der Waals surface area contributed by atoms with E-state index < -0.39 is 0 Å². The van der Waals surface area contributed by atoms with Gasteiger partial charge in [-0.05, 0) is 35.2 Å². The summed E-state index contributed by atoms with van der Waals surface area (Å²) in [4.78, 5) is 5.29. The molecule has 0 amide bonds. The third kappa shape index (κ3) is 4.42. The van der Waals surface area contributed by atoms with Crippen LogP contribution in [0.5, 0.6) is 0 Å². The number of nitrogens with zero attached hydrogens (tertiary/aromatic N) is 1. The first kappa shape index (κ1) is 13.6. The minimum absolute atomic E-state index is 0.484. The Hall–Kier alpha value is -1.80. The van der Waals surface area contributed by atoms with E-state index in [9.17, 15) is 0 Å². The van der Waals surface area contributed by atoms with Crippen molar-refractivity contribution in [3.05, 3.63) is 70.2 Å². The van der Waals surface area contributed by atoms with E-state index in [1.165, 1.54) is 5.56 Å². The maximum Gasteiger partial charge on any atom is 0.142 e. The second-order valence-electron chi connectivity index (χ2n) is 4.23. The van der Waals surface area contributed by atoms with E-state index >= 15 is 0 Å². The fourth-order valence-electron chi connectivity index (χ4n) is 1.70. The molecule has 0 saturated heterocycles. The minimum Gasteiger partial charge on any atom is -0.391 e. The molecule has 0 fully saturated rings. The molecule has 0 aliphatic heterocycles. The number of hydrogen-bond acceptors (Lipinski definition) is 2. The normalized spacial score (nSPS) is 10.8. The Morgan fingerprint density at radius 1 is 1.11 bits per heavy atom. The molecule has 0 saturated carbocycles. The fraction of sp³-hybridized carbons (Fsp3) is 0.188. The zero-order chi connectivity index (χ0) is 13.5. The second-order valence-corrected chi connectivity index (χ2v) is 4.67. The molecule has 2 rings (SSSR count). The summed E-state index contributed by atoms with van der Waals surface area (Å²) in [6, 6.07) is 15.8. The Morgan fingerprint density at radius 3 is 2.58 bits per heavy atom. The molecule has 0 radical (unpaired) electrons. The standard InChI is InChI=1S/C16H16ClNO/c1-2-13-4-3-5-15(10-13)12-19-18-11-14-6-8-16(17)9-7-14/h3-11H,2,12H2,1H3. The third-order valence-electron chi connectivity index (χ3n) is 2.78. The van der Waals surface area contributed by atoms with Gasteiger partial charge in [0.05, 0.1) is 6.21 Å². The van der Waals surface area contributed by atoms with Crippen LogP contribution >= 0.6 is 11.6 Å². The maximum absolute atomic E-state index is 5.81. The van der Waals surface area contributed by atoms with Crippen molar-refractivity contribution in [3.63, 3.8) is 0 Å². The molecule has 19 heavy (non-hydrogen) atoms. The van der Waals surface area contributed by atoms with Crippen molar-refractivity contribution in [1.82, 2.24) is 0 Å². The zero-order valence-corrected chi connectivity index (χ0v) is 11.6. The summed E-state index contributed by atoms with van der Waals surface area (Å²) < 4.78 is 0. The molecule has 0 aliphatic rings. The molecule has 2 nitrogen and oxygen atoms in total. The highest BCUT2D eigenvalue weighted by molar-refractivity contribution is 6.30. The first-order chi connectivity index (χ1) is 9.28. The van der Waals surface area contributed by atoms with Crippen LogP contribution in [-0.2, 0) is 17.9 Å². The molecule has 3 heteroatoms. The van der Waals surface area contributed by atoms with Crippen LogP contribution in [-0.4, -0.2) is 6.21 Å². The van der Waals surface area contributed by atoms with Crippen LogP contribution in [0.25, 0.3) is 0 Å². The molecule has 0 unspecified atom stereocenters. The third-order valence-corrected chi connectivity index (χ3v) is 3.03. The van der Waals surface area contributed by atoms with Gasteiger partial charge in [-0.1, -0.05) is 60.1 Å². The van der Waals surface area contributed by atoms with E-state index in [1.807, 2.05) is 36.4 Å². The van der Waals surface area contributed by atoms with Crippen molar-refractivity contribution >= 4 is 17.8 Å². The first-order valence-electron chi connectivity index (χ1n) is 6.26. The quantitative estimate of drug-likeness (QED) is 0.582. The average molecular weight is 274 g/mol. The average Bonchev–Trinajstić information content (AvgIpc) is 2.46. The van der Waals surface area contributed by atoms with Crippen molar-refractivity contribution in [1.29, 1.82) is 0 Å². The highest BCUT2D eigenvalue weighted by Gasteiger charge is 1.94. The molecular formula is C16H16ClNO. The molecule has 0 aromatic heterocycles.